The lowest BCUT2D eigenvalue weighted by Gasteiger charge is -2.13. The van der Waals surface area contributed by atoms with Gasteiger partial charge in [-0.05, 0) is 12.1 Å². The van der Waals surface area contributed by atoms with E-state index in [-0.39, 0.29) is 23.7 Å². The molecule has 1 atom stereocenters. The Hall–Kier alpha value is -3.14. The fourth-order valence-electron chi connectivity index (χ4n) is 2.20. The molecular formula is C16H16N4O3. The number of nitrogens with zero attached hydrogens (tertiary/aromatic N) is 3. The Labute approximate surface area is 133 Å². The van der Waals surface area contributed by atoms with E-state index in [9.17, 15) is 10.1 Å². The maximum Gasteiger partial charge on any atom is 0.304 e. The monoisotopic (exact) mass is 312 g/mol. The number of hydrogen-bond acceptors (Lipinski definition) is 6. The quantitative estimate of drug-likeness (QED) is 0.867. The predicted octanol–water partition coefficient (Wildman–Crippen LogP) is 2.18. The highest BCUT2D eigenvalue weighted by Gasteiger charge is 2.18. The molecule has 0 amide bonds. The third-order valence-electron chi connectivity index (χ3n) is 3.37. The van der Waals surface area contributed by atoms with E-state index in [1.165, 1.54) is 7.11 Å². The summed E-state index contributed by atoms with van der Waals surface area (Å²) in [6.45, 7) is 1.74. The number of rotatable bonds is 5. The van der Waals surface area contributed by atoms with Crippen molar-refractivity contribution in [3.63, 3.8) is 0 Å². The normalized spacial score (nSPS) is 11.5. The van der Waals surface area contributed by atoms with Crippen molar-refractivity contribution in [1.29, 1.82) is 5.26 Å². The van der Waals surface area contributed by atoms with Crippen LogP contribution in [-0.4, -0.2) is 28.2 Å². The third kappa shape index (κ3) is 3.55. The van der Waals surface area contributed by atoms with E-state index in [0.717, 1.165) is 0 Å². The number of ether oxygens (including phenoxy) is 1. The molecule has 0 bridgehead atoms. The number of nitrogen functional groups attached to an aromatic ring is 1. The first-order chi connectivity index (χ1) is 11.0. The standard InChI is InChI=1S/C16H16N4O3/c1-9(6-15(21)22)13-7-10(11(8-17)16(18)20-13)12-4-3-5-14(19-12)23-2/h3-5,7,9H,6H2,1-2H3,(H2,18,20)(H,21,22). The molecule has 0 spiro atoms. The van der Waals surface area contributed by atoms with Crippen molar-refractivity contribution in [3.8, 4) is 23.2 Å². The first-order valence-corrected chi connectivity index (χ1v) is 6.90. The number of aromatic nitrogens is 2. The molecule has 2 heterocycles. The molecule has 23 heavy (non-hydrogen) atoms. The van der Waals surface area contributed by atoms with E-state index in [1.807, 2.05) is 6.07 Å². The Morgan fingerprint density at radius 2 is 2.22 bits per heavy atom. The van der Waals surface area contributed by atoms with E-state index >= 15 is 0 Å². The zero-order chi connectivity index (χ0) is 17.0. The molecule has 1 unspecified atom stereocenters. The van der Waals surface area contributed by atoms with Crippen molar-refractivity contribution in [2.24, 2.45) is 0 Å². The molecule has 2 aromatic rings. The second kappa shape index (κ2) is 6.75. The van der Waals surface area contributed by atoms with Gasteiger partial charge < -0.3 is 15.6 Å². The van der Waals surface area contributed by atoms with Gasteiger partial charge in [-0.1, -0.05) is 13.0 Å². The summed E-state index contributed by atoms with van der Waals surface area (Å²) < 4.78 is 5.09. The number of carboxylic acids is 1. The van der Waals surface area contributed by atoms with E-state index in [0.29, 0.717) is 22.8 Å². The smallest absolute Gasteiger partial charge is 0.304 e. The van der Waals surface area contributed by atoms with Crippen molar-refractivity contribution >= 4 is 11.8 Å². The summed E-state index contributed by atoms with van der Waals surface area (Å²) in [4.78, 5) is 19.3. The van der Waals surface area contributed by atoms with Gasteiger partial charge in [-0.15, -0.1) is 0 Å². The van der Waals surface area contributed by atoms with Gasteiger partial charge in [-0.25, -0.2) is 9.97 Å². The van der Waals surface area contributed by atoms with Crippen molar-refractivity contribution < 1.29 is 14.6 Å². The number of anilines is 1. The summed E-state index contributed by atoms with van der Waals surface area (Å²) in [7, 11) is 1.50. The number of nitriles is 1. The zero-order valence-corrected chi connectivity index (χ0v) is 12.8. The highest BCUT2D eigenvalue weighted by Crippen LogP contribution is 2.30. The first kappa shape index (κ1) is 16.2. The Kier molecular flexibility index (Phi) is 4.76. The van der Waals surface area contributed by atoms with E-state index in [4.69, 9.17) is 15.6 Å². The fraction of sp³-hybridized carbons (Fsp3) is 0.250. The van der Waals surface area contributed by atoms with Crippen LogP contribution in [0.4, 0.5) is 5.82 Å². The zero-order valence-electron chi connectivity index (χ0n) is 12.8. The van der Waals surface area contributed by atoms with Crippen LogP contribution in [0.25, 0.3) is 11.3 Å². The highest BCUT2D eigenvalue weighted by atomic mass is 16.5. The van der Waals surface area contributed by atoms with E-state index in [1.54, 1.807) is 31.2 Å². The predicted molar refractivity (Wildman–Crippen MR) is 83.8 cm³/mol. The van der Waals surface area contributed by atoms with Crippen LogP contribution in [0.1, 0.15) is 30.5 Å². The summed E-state index contributed by atoms with van der Waals surface area (Å²) in [5.74, 6) is -0.807. The SMILES string of the molecule is COc1cccc(-c2cc(C(C)CC(=O)O)nc(N)c2C#N)n1. The molecule has 0 radical (unpaired) electrons. The van der Waals surface area contributed by atoms with Crippen LogP contribution in [0.15, 0.2) is 24.3 Å². The largest absolute Gasteiger partial charge is 0.481 e. The van der Waals surface area contributed by atoms with Gasteiger partial charge in [-0.3, -0.25) is 4.79 Å². The number of nitrogens with two attached hydrogens (primary N) is 1. The van der Waals surface area contributed by atoms with Gasteiger partial charge >= 0.3 is 5.97 Å². The molecule has 7 nitrogen and oxygen atoms in total. The molecule has 118 valence electrons. The minimum absolute atomic E-state index is 0.0573. The summed E-state index contributed by atoms with van der Waals surface area (Å²) in [6, 6.07) is 8.84. The maximum atomic E-state index is 10.9. The van der Waals surface area contributed by atoms with Crippen LogP contribution >= 0.6 is 0 Å². The van der Waals surface area contributed by atoms with Crippen molar-refractivity contribution in [2.45, 2.75) is 19.3 Å². The van der Waals surface area contributed by atoms with E-state index in [2.05, 4.69) is 9.97 Å². The summed E-state index contributed by atoms with van der Waals surface area (Å²) in [5, 5.41) is 18.3. The molecule has 0 fully saturated rings. The molecule has 0 saturated carbocycles. The van der Waals surface area contributed by atoms with Gasteiger partial charge in [0.2, 0.25) is 5.88 Å². The summed E-state index contributed by atoms with van der Waals surface area (Å²) in [5.41, 5.74) is 7.60. The molecule has 0 aliphatic carbocycles. The van der Waals surface area contributed by atoms with Crippen LogP contribution in [0.5, 0.6) is 5.88 Å². The average Bonchev–Trinajstić information content (AvgIpc) is 2.53. The molecule has 3 N–H and O–H groups in total. The Balaban J connectivity index is 2.58. The van der Waals surface area contributed by atoms with Gasteiger partial charge in [0.15, 0.2) is 0 Å². The number of hydrogen-bond donors (Lipinski definition) is 2. The lowest BCUT2D eigenvalue weighted by atomic mass is 9.98. The fourth-order valence-corrected chi connectivity index (χ4v) is 2.20. The maximum absolute atomic E-state index is 10.9. The summed E-state index contributed by atoms with van der Waals surface area (Å²) >= 11 is 0. The number of pyridine rings is 2. The Morgan fingerprint density at radius 1 is 1.48 bits per heavy atom. The van der Waals surface area contributed by atoms with Crippen LogP contribution in [0.3, 0.4) is 0 Å². The number of carbonyl (C=O) groups is 1. The lowest BCUT2D eigenvalue weighted by molar-refractivity contribution is -0.137. The Bertz CT molecular complexity index is 783. The van der Waals surface area contributed by atoms with Gasteiger partial charge in [0.25, 0.3) is 0 Å². The second-order valence-corrected chi connectivity index (χ2v) is 5.03. The van der Waals surface area contributed by atoms with Crippen molar-refractivity contribution in [1.82, 2.24) is 9.97 Å². The molecule has 0 aliphatic heterocycles. The molecule has 2 rings (SSSR count). The van der Waals surface area contributed by atoms with Crippen LogP contribution in [0.2, 0.25) is 0 Å². The average molecular weight is 312 g/mol. The first-order valence-electron chi connectivity index (χ1n) is 6.90. The van der Waals surface area contributed by atoms with Crippen LogP contribution < -0.4 is 10.5 Å². The number of methoxy groups -OCH3 is 1. The third-order valence-corrected chi connectivity index (χ3v) is 3.37. The number of carboxylic acid groups (broad SMARTS) is 1. The van der Waals surface area contributed by atoms with Gasteiger partial charge in [0.1, 0.15) is 17.5 Å². The molecule has 0 saturated heterocycles. The number of aliphatic carboxylic acids is 1. The topological polar surface area (TPSA) is 122 Å². The molecular weight excluding hydrogens is 296 g/mol. The molecule has 0 aliphatic rings. The highest BCUT2D eigenvalue weighted by molar-refractivity contribution is 5.74. The van der Waals surface area contributed by atoms with Gasteiger partial charge in [0, 0.05) is 23.2 Å². The van der Waals surface area contributed by atoms with Crippen LogP contribution in [0, 0.1) is 11.3 Å². The minimum Gasteiger partial charge on any atom is -0.481 e. The van der Waals surface area contributed by atoms with E-state index < -0.39 is 5.97 Å². The lowest BCUT2D eigenvalue weighted by Crippen LogP contribution is -2.08. The summed E-state index contributed by atoms with van der Waals surface area (Å²) in [6.07, 6.45) is -0.0800. The minimum atomic E-state index is -0.928. The molecule has 7 heteroatoms. The van der Waals surface area contributed by atoms with Crippen LogP contribution in [-0.2, 0) is 4.79 Å². The van der Waals surface area contributed by atoms with Gasteiger partial charge in [-0.2, -0.15) is 5.26 Å². The van der Waals surface area contributed by atoms with Crippen molar-refractivity contribution in [3.05, 3.63) is 35.5 Å². The molecule has 2 aromatic heterocycles. The second-order valence-electron chi connectivity index (χ2n) is 5.03. The van der Waals surface area contributed by atoms with Gasteiger partial charge in [0.05, 0.1) is 19.2 Å². The Morgan fingerprint density at radius 3 is 2.83 bits per heavy atom. The molecule has 0 aromatic carbocycles. The van der Waals surface area contributed by atoms with Crippen molar-refractivity contribution in [2.75, 3.05) is 12.8 Å².